The zero-order valence-corrected chi connectivity index (χ0v) is 23.4. The molecule has 0 radical (unpaired) electrons. The average Bonchev–Trinajstić information content (AvgIpc) is 2.98. The fraction of sp³-hybridized carbons (Fsp3) is 0.300. The number of hydrogen-bond donors (Lipinski definition) is 3. The van der Waals surface area contributed by atoms with E-state index in [2.05, 4.69) is 15.6 Å². The summed E-state index contributed by atoms with van der Waals surface area (Å²) in [5, 5.41) is 14.7. The molecule has 0 bridgehead atoms. The number of hydrogen-bond acceptors (Lipinski definition) is 7. The van der Waals surface area contributed by atoms with E-state index < -0.39 is 36.2 Å². The highest BCUT2D eigenvalue weighted by atomic mass is 19.1. The Morgan fingerprint density at radius 2 is 1.79 bits per heavy atom. The number of carbonyl (C=O) groups is 4. The first-order valence-corrected chi connectivity index (χ1v) is 13.3. The van der Waals surface area contributed by atoms with Crippen molar-refractivity contribution in [1.82, 2.24) is 15.2 Å². The number of halogens is 1. The Bertz CT molecular complexity index is 1450. The number of rotatable bonds is 8. The molecule has 3 atom stereocenters. The summed E-state index contributed by atoms with van der Waals surface area (Å²) in [6, 6.07) is 12.1. The molecule has 1 fully saturated rings. The van der Waals surface area contributed by atoms with Crippen molar-refractivity contribution in [3.05, 3.63) is 89.5 Å². The number of aromatic nitrogens is 1. The number of benzene rings is 2. The normalized spacial score (nSPS) is 17.2. The lowest BCUT2D eigenvalue weighted by molar-refractivity contribution is -0.137. The summed E-state index contributed by atoms with van der Waals surface area (Å²) in [7, 11) is 1.22. The lowest BCUT2D eigenvalue weighted by Crippen LogP contribution is -2.58. The number of carbonyl (C=O) groups excluding carboxylic acids is 3. The van der Waals surface area contributed by atoms with Gasteiger partial charge in [-0.15, -0.1) is 0 Å². The van der Waals surface area contributed by atoms with E-state index in [4.69, 9.17) is 4.74 Å². The zero-order valence-electron chi connectivity index (χ0n) is 23.4. The highest BCUT2D eigenvalue weighted by Crippen LogP contribution is 2.32. The Hall–Kier alpha value is -5.00. The molecule has 0 aliphatic carbocycles. The second kappa shape index (κ2) is 13.1. The van der Waals surface area contributed by atoms with Crippen LogP contribution in [0.3, 0.4) is 0 Å². The van der Waals surface area contributed by atoms with Crippen molar-refractivity contribution in [3.8, 4) is 0 Å². The first-order chi connectivity index (χ1) is 20.1. The van der Waals surface area contributed by atoms with Crippen LogP contribution in [0, 0.1) is 5.82 Å². The summed E-state index contributed by atoms with van der Waals surface area (Å²) in [4.78, 5) is 58.0. The molecule has 1 aromatic heterocycles. The van der Waals surface area contributed by atoms with Gasteiger partial charge < -0.3 is 25.0 Å². The van der Waals surface area contributed by atoms with Crippen molar-refractivity contribution in [2.24, 2.45) is 0 Å². The van der Waals surface area contributed by atoms with E-state index in [9.17, 15) is 28.7 Å². The predicted molar refractivity (Wildman–Crippen MR) is 153 cm³/mol. The quantitative estimate of drug-likeness (QED) is 0.364. The van der Waals surface area contributed by atoms with Gasteiger partial charge in [0.1, 0.15) is 5.82 Å². The predicted octanol–water partition coefficient (Wildman–Crippen LogP) is 4.08. The van der Waals surface area contributed by atoms with E-state index >= 15 is 0 Å². The number of amides is 3. The van der Waals surface area contributed by atoms with Crippen LogP contribution in [0.4, 0.5) is 20.6 Å². The molecular formula is C30H32FN5O6. The third-order valence-corrected chi connectivity index (χ3v) is 7.10. The van der Waals surface area contributed by atoms with E-state index in [1.165, 1.54) is 43.6 Å². The van der Waals surface area contributed by atoms with Gasteiger partial charge >= 0.3 is 12.1 Å². The number of nitrogens with zero attached hydrogens (tertiary/aromatic N) is 3. The molecule has 12 heteroatoms. The molecule has 1 saturated heterocycles. The van der Waals surface area contributed by atoms with Crippen LogP contribution in [0.15, 0.2) is 67.0 Å². The molecule has 3 aromatic rings. The van der Waals surface area contributed by atoms with Gasteiger partial charge in [0.25, 0.3) is 11.8 Å². The Morgan fingerprint density at radius 1 is 1.05 bits per heavy atom. The van der Waals surface area contributed by atoms with E-state index in [0.717, 1.165) is 0 Å². The molecule has 1 aliphatic heterocycles. The summed E-state index contributed by atoms with van der Waals surface area (Å²) in [5.74, 6) is -2.34. The Kier molecular flexibility index (Phi) is 9.35. The molecule has 3 unspecified atom stereocenters. The molecule has 220 valence electrons. The second-order valence-electron chi connectivity index (χ2n) is 10.1. The van der Waals surface area contributed by atoms with E-state index in [0.29, 0.717) is 35.6 Å². The van der Waals surface area contributed by atoms with Crippen LogP contribution >= 0.6 is 0 Å². The van der Waals surface area contributed by atoms with Gasteiger partial charge in [0.05, 0.1) is 36.5 Å². The summed E-state index contributed by atoms with van der Waals surface area (Å²) >= 11 is 0. The van der Waals surface area contributed by atoms with Crippen molar-refractivity contribution < 1.29 is 33.4 Å². The maximum absolute atomic E-state index is 13.4. The molecule has 0 spiro atoms. The molecule has 0 saturated carbocycles. The number of carboxylic acids is 1. The van der Waals surface area contributed by atoms with E-state index in [1.807, 2.05) is 18.7 Å². The van der Waals surface area contributed by atoms with Crippen LogP contribution in [0.2, 0.25) is 0 Å². The van der Waals surface area contributed by atoms with Crippen LogP contribution in [-0.4, -0.2) is 71.2 Å². The highest BCUT2D eigenvalue weighted by Gasteiger charge is 2.34. The standard InChI is InChI=1S/C30H32FN5O6/c1-18-17-36(29(40)22-5-4-12-32-15-22)19(2)16-35(18)26-11-8-21(13-25(26)34-30(41)42-3)28(39)33-24(14-27(37)38)20-6-9-23(31)10-7-20/h4-13,15,18-19,24H,14,16-17H2,1-3H3,(H,33,39)(H,34,41)(H,37,38). The van der Waals surface area contributed by atoms with Crippen LogP contribution in [-0.2, 0) is 9.53 Å². The van der Waals surface area contributed by atoms with Crippen molar-refractivity contribution in [1.29, 1.82) is 0 Å². The SMILES string of the molecule is COC(=O)Nc1cc(C(=O)NC(CC(=O)O)c2ccc(F)cc2)ccc1N1CC(C)N(C(=O)c2cccnc2)CC1C. The first kappa shape index (κ1) is 30.0. The summed E-state index contributed by atoms with van der Waals surface area (Å²) in [6.07, 6.45) is 1.98. The number of ether oxygens (including phenoxy) is 1. The Balaban J connectivity index is 1.59. The molecule has 3 N–H and O–H groups in total. The number of anilines is 2. The fourth-order valence-electron chi connectivity index (χ4n) is 4.95. The van der Waals surface area contributed by atoms with Crippen LogP contribution < -0.4 is 15.5 Å². The number of piperazine rings is 1. The first-order valence-electron chi connectivity index (χ1n) is 13.3. The summed E-state index contributed by atoms with van der Waals surface area (Å²) in [5.41, 5.74) is 2.00. The van der Waals surface area contributed by atoms with Gasteiger partial charge in [-0.3, -0.25) is 24.7 Å². The minimum atomic E-state index is -1.14. The Labute approximate surface area is 242 Å². The summed E-state index contributed by atoms with van der Waals surface area (Å²) in [6.45, 7) is 4.74. The number of nitrogens with one attached hydrogen (secondary N) is 2. The number of aliphatic carboxylic acids is 1. The maximum atomic E-state index is 13.4. The highest BCUT2D eigenvalue weighted by molar-refractivity contribution is 5.99. The molecule has 2 aromatic carbocycles. The monoisotopic (exact) mass is 577 g/mol. The maximum Gasteiger partial charge on any atom is 0.411 e. The third kappa shape index (κ3) is 7.00. The van der Waals surface area contributed by atoms with Crippen molar-refractivity contribution >= 4 is 35.3 Å². The summed E-state index contributed by atoms with van der Waals surface area (Å²) < 4.78 is 18.2. The molecule has 42 heavy (non-hydrogen) atoms. The third-order valence-electron chi connectivity index (χ3n) is 7.10. The minimum absolute atomic E-state index is 0.126. The van der Waals surface area contributed by atoms with Crippen molar-refractivity contribution in [2.45, 2.75) is 38.4 Å². The topological polar surface area (TPSA) is 141 Å². The van der Waals surface area contributed by atoms with Gasteiger partial charge in [-0.05, 0) is 61.9 Å². The minimum Gasteiger partial charge on any atom is -0.481 e. The fourth-order valence-corrected chi connectivity index (χ4v) is 4.95. The Morgan fingerprint density at radius 3 is 2.43 bits per heavy atom. The average molecular weight is 578 g/mol. The van der Waals surface area contributed by atoms with Gasteiger partial charge in [0.15, 0.2) is 0 Å². The van der Waals surface area contributed by atoms with Crippen molar-refractivity contribution in [2.75, 3.05) is 30.4 Å². The largest absolute Gasteiger partial charge is 0.481 e. The van der Waals surface area contributed by atoms with E-state index in [-0.39, 0.29) is 23.6 Å². The van der Waals surface area contributed by atoms with Gasteiger partial charge in [0.2, 0.25) is 0 Å². The lowest BCUT2D eigenvalue weighted by Gasteiger charge is -2.45. The van der Waals surface area contributed by atoms with Crippen LogP contribution in [0.5, 0.6) is 0 Å². The molecular weight excluding hydrogens is 545 g/mol. The lowest BCUT2D eigenvalue weighted by atomic mass is 10.0. The number of methoxy groups -OCH3 is 1. The molecule has 1 aliphatic rings. The van der Waals surface area contributed by atoms with Gasteiger partial charge in [-0.1, -0.05) is 12.1 Å². The molecule has 3 amide bonds. The smallest absolute Gasteiger partial charge is 0.411 e. The van der Waals surface area contributed by atoms with Gasteiger partial charge in [-0.25, -0.2) is 9.18 Å². The van der Waals surface area contributed by atoms with Gasteiger partial charge in [0, 0.05) is 43.1 Å². The molecule has 2 heterocycles. The van der Waals surface area contributed by atoms with Crippen LogP contribution in [0.1, 0.15) is 52.6 Å². The second-order valence-corrected chi connectivity index (χ2v) is 10.1. The van der Waals surface area contributed by atoms with Crippen LogP contribution in [0.25, 0.3) is 0 Å². The number of pyridine rings is 1. The van der Waals surface area contributed by atoms with Crippen molar-refractivity contribution in [3.63, 3.8) is 0 Å². The zero-order chi connectivity index (χ0) is 30.4. The van der Waals surface area contributed by atoms with Gasteiger partial charge in [-0.2, -0.15) is 0 Å². The van der Waals surface area contributed by atoms with E-state index in [1.54, 1.807) is 35.4 Å². The molecule has 4 rings (SSSR count). The molecule has 11 nitrogen and oxygen atoms in total. The number of carboxylic acid groups (broad SMARTS) is 1.